The Kier molecular flexibility index (Phi) is 3.52. The highest BCUT2D eigenvalue weighted by atomic mass is 16.4. The minimum Gasteiger partial charge on any atom is -0.480 e. The highest BCUT2D eigenvalue weighted by molar-refractivity contribution is 5.73. The fourth-order valence-electron chi connectivity index (χ4n) is 1.09. The summed E-state index contributed by atoms with van der Waals surface area (Å²) in [5.74, 6) is -0.410. The smallest absolute Gasteiger partial charge is 0.320 e. The summed E-state index contributed by atoms with van der Waals surface area (Å²) in [6.45, 7) is 3.59. The third-order valence-corrected chi connectivity index (χ3v) is 1.91. The number of rotatable bonds is 5. The second-order valence-corrected chi connectivity index (χ2v) is 2.96. The minimum atomic E-state index is -0.872. The normalized spacial score (nSPS) is 15.0. The van der Waals surface area contributed by atoms with Gasteiger partial charge in [-0.2, -0.15) is 5.21 Å². The Balaban J connectivity index is 2.55. The zero-order valence-electron chi connectivity index (χ0n) is 8.06. The largest absolute Gasteiger partial charge is 0.480 e. The summed E-state index contributed by atoms with van der Waals surface area (Å²) >= 11 is 0. The molecule has 7 nitrogen and oxygen atoms in total. The van der Waals surface area contributed by atoms with Crippen LogP contribution in [0.4, 0.5) is 0 Å². The first-order chi connectivity index (χ1) is 6.65. The number of aliphatic carboxylic acids is 1. The molecule has 0 fully saturated rings. The lowest BCUT2D eigenvalue weighted by Gasteiger charge is -2.15. The molecule has 0 aliphatic heterocycles. The Morgan fingerprint density at radius 1 is 1.71 bits per heavy atom. The van der Waals surface area contributed by atoms with Crippen molar-refractivity contribution >= 4 is 5.97 Å². The maximum absolute atomic E-state index is 10.7. The summed E-state index contributed by atoms with van der Waals surface area (Å²) in [5.41, 5.74) is 0. The molecule has 7 heteroatoms. The average molecular weight is 199 g/mol. The van der Waals surface area contributed by atoms with Crippen molar-refractivity contribution in [3.8, 4) is 0 Å². The van der Waals surface area contributed by atoms with Gasteiger partial charge in [0, 0.05) is 0 Å². The molecular formula is C7H13N5O2. The van der Waals surface area contributed by atoms with Crippen LogP contribution in [0.2, 0.25) is 0 Å². The van der Waals surface area contributed by atoms with E-state index in [1.54, 1.807) is 13.8 Å². The van der Waals surface area contributed by atoms with Gasteiger partial charge in [-0.3, -0.25) is 10.1 Å². The number of carboxylic acid groups (broad SMARTS) is 1. The number of nitrogens with zero attached hydrogens (tertiary/aromatic N) is 3. The minimum absolute atomic E-state index is 0.227. The van der Waals surface area contributed by atoms with E-state index >= 15 is 0 Å². The lowest BCUT2D eigenvalue weighted by atomic mass is 10.2. The molecule has 0 amide bonds. The molecule has 1 rings (SSSR count). The van der Waals surface area contributed by atoms with Crippen molar-refractivity contribution in [2.24, 2.45) is 0 Å². The Labute approximate surface area is 80.9 Å². The van der Waals surface area contributed by atoms with Gasteiger partial charge in [0.1, 0.15) is 6.04 Å². The van der Waals surface area contributed by atoms with Gasteiger partial charge in [0.05, 0.1) is 6.04 Å². The lowest BCUT2D eigenvalue weighted by molar-refractivity contribution is -0.139. The van der Waals surface area contributed by atoms with Gasteiger partial charge in [-0.25, -0.2) is 0 Å². The van der Waals surface area contributed by atoms with Gasteiger partial charge in [-0.15, -0.1) is 10.2 Å². The molecule has 78 valence electrons. The Morgan fingerprint density at radius 2 is 2.43 bits per heavy atom. The van der Waals surface area contributed by atoms with Gasteiger partial charge in [-0.05, 0) is 13.3 Å². The second kappa shape index (κ2) is 4.66. The van der Waals surface area contributed by atoms with Crippen molar-refractivity contribution in [3.05, 3.63) is 5.82 Å². The Hall–Kier alpha value is -1.50. The molecule has 0 bridgehead atoms. The van der Waals surface area contributed by atoms with E-state index in [4.69, 9.17) is 5.11 Å². The van der Waals surface area contributed by atoms with E-state index in [1.165, 1.54) is 0 Å². The monoisotopic (exact) mass is 199 g/mol. The number of hydrogen-bond donors (Lipinski definition) is 3. The zero-order chi connectivity index (χ0) is 10.6. The van der Waals surface area contributed by atoms with Gasteiger partial charge in [-0.1, -0.05) is 12.1 Å². The third-order valence-electron chi connectivity index (χ3n) is 1.91. The Morgan fingerprint density at radius 3 is 2.86 bits per heavy atom. The number of nitrogens with one attached hydrogen (secondary N) is 2. The first-order valence-electron chi connectivity index (χ1n) is 4.37. The summed E-state index contributed by atoms with van der Waals surface area (Å²) in [6.07, 6.45) is 0.511. The predicted octanol–water partition coefficient (Wildman–Crippen LogP) is -0.287. The van der Waals surface area contributed by atoms with Crippen LogP contribution in [0.3, 0.4) is 0 Å². The molecule has 2 atom stereocenters. The number of tetrazole rings is 1. The van der Waals surface area contributed by atoms with Crippen LogP contribution in [0.25, 0.3) is 0 Å². The van der Waals surface area contributed by atoms with Crippen molar-refractivity contribution in [1.82, 2.24) is 25.9 Å². The molecule has 0 aromatic carbocycles. The van der Waals surface area contributed by atoms with Gasteiger partial charge in [0.15, 0.2) is 5.82 Å². The van der Waals surface area contributed by atoms with E-state index in [-0.39, 0.29) is 6.04 Å². The maximum atomic E-state index is 10.7. The summed E-state index contributed by atoms with van der Waals surface area (Å²) in [6, 6.07) is -0.807. The van der Waals surface area contributed by atoms with Crippen molar-refractivity contribution in [1.29, 1.82) is 0 Å². The van der Waals surface area contributed by atoms with E-state index in [9.17, 15) is 4.79 Å². The molecule has 1 aromatic heterocycles. The van der Waals surface area contributed by atoms with Crippen LogP contribution in [-0.4, -0.2) is 37.7 Å². The van der Waals surface area contributed by atoms with E-state index < -0.39 is 12.0 Å². The van der Waals surface area contributed by atoms with Gasteiger partial charge < -0.3 is 5.11 Å². The van der Waals surface area contributed by atoms with Gasteiger partial charge >= 0.3 is 5.97 Å². The number of aromatic amines is 1. The SMILES string of the molecule is CCC(NC(C)c1nn[nH]n1)C(=O)O. The summed E-state index contributed by atoms with van der Waals surface area (Å²) in [4.78, 5) is 10.7. The zero-order valence-corrected chi connectivity index (χ0v) is 8.06. The predicted molar refractivity (Wildman–Crippen MR) is 47.4 cm³/mol. The molecule has 0 aliphatic rings. The fraction of sp³-hybridized carbons (Fsp3) is 0.714. The first kappa shape index (κ1) is 10.6. The maximum Gasteiger partial charge on any atom is 0.320 e. The fourth-order valence-corrected chi connectivity index (χ4v) is 1.09. The van der Waals surface area contributed by atoms with Crippen LogP contribution < -0.4 is 5.32 Å². The highest BCUT2D eigenvalue weighted by Gasteiger charge is 2.19. The molecule has 3 N–H and O–H groups in total. The van der Waals surface area contributed by atoms with Crippen LogP contribution in [0.1, 0.15) is 32.1 Å². The van der Waals surface area contributed by atoms with Crippen LogP contribution in [0, 0.1) is 0 Å². The highest BCUT2D eigenvalue weighted by Crippen LogP contribution is 2.06. The van der Waals surface area contributed by atoms with E-state index in [2.05, 4.69) is 25.9 Å². The lowest BCUT2D eigenvalue weighted by Crippen LogP contribution is -2.38. The molecule has 14 heavy (non-hydrogen) atoms. The number of hydrogen-bond acceptors (Lipinski definition) is 5. The van der Waals surface area contributed by atoms with Crippen molar-refractivity contribution < 1.29 is 9.90 Å². The molecule has 1 heterocycles. The van der Waals surface area contributed by atoms with Crippen LogP contribution in [0.15, 0.2) is 0 Å². The quantitative estimate of drug-likeness (QED) is 0.602. The van der Waals surface area contributed by atoms with Crippen molar-refractivity contribution in [3.63, 3.8) is 0 Å². The standard InChI is InChI=1S/C7H13N5O2/c1-3-5(7(13)14)8-4(2)6-9-11-12-10-6/h4-5,8H,3H2,1-2H3,(H,13,14)(H,9,10,11,12). The third kappa shape index (κ3) is 2.49. The Bertz CT molecular complexity index is 286. The molecule has 2 unspecified atom stereocenters. The summed E-state index contributed by atoms with van der Waals surface area (Å²) in [5, 5.41) is 24.9. The van der Waals surface area contributed by atoms with Crippen LogP contribution >= 0.6 is 0 Å². The summed E-state index contributed by atoms with van der Waals surface area (Å²) < 4.78 is 0. The van der Waals surface area contributed by atoms with E-state index in [0.29, 0.717) is 12.2 Å². The summed E-state index contributed by atoms with van der Waals surface area (Å²) in [7, 11) is 0. The first-order valence-corrected chi connectivity index (χ1v) is 4.37. The topological polar surface area (TPSA) is 104 Å². The molecule has 0 radical (unpaired) electrons. The molecule has 0 spiro atoms. The molecule has 1 aromatic rings. The van der Waals surface area contributed by atoms with E-state index in [0.717, 1.165) is 0 Å². The van der Waals surface area contributed by atoms with Crippen LogP contribution in [0.5, 0.6) is 0 Å². The molecule has 0 saturated heterocycles. The number of H-pyrrole nitrogens is 1. The van der Waals surface area contributed by atoms with Crippen molar-refractivity contribution in [2.45, 2.75) is 32.4 Å². The second-order valence-electron chi connectivity index (χ2n) is 2.96. The molecule has 0 saturated carbocycles. The van der Waals surface area contributed by atoms with Crippen LogP contribution in [-0.2, 0) is 4.79 Å². The molecule has 0 aliphatic carbocycles. The number of carboxylic acids is 1. The van der Waals surface area contributed by atoms with Gasteiger partial charge in [0.2, 0.25) is 0 Å². The number of aromatic nitrogens is 4. The van der Waals surface area contributed by atoms with Crippen molar-refractivity contribution in [2.75, 3.05) is 0 Å². The molecular weight excluding hydrogens is 186 g/mol. The average Bonchev–Trinajstić information content (AvgIpc) is 2.65. The van der Waals surface area contributed by atoms with E-state index in [1.807, 2.05) is 0 Å². The number of carbonyl (C=O) groups is 1. The van der Waals surface area contributed by atoms with Gasteiger partial charge in [0.25, 0.3) is 0 Å².